The van der Waals surface area contributed by atoms with Crippen LogP contribution in [0.15, 0.2) is 12.3 Å². The Morgan fingerprint density at radius 3 is 2.56 bits per heavy atom. The van der Waals surface area contributed by atoms with Crippen molar-refractivity contribution in [2.45, 2.75) is 45.6 Å². The number of primary amides is 1. The van der Waals surface area contributed by atoms with Crippen molar-refractivity contribution in [2.75, 3.05) is 0 Å². The summed E-state index contributed by atoms with van der Waals surface area (Å²) in [7, 11) is 0. The van der Waals surface area contributed by atoms with Crippen LogP contribution >= 0.6 is 0 Å². The molecule has 0 bridgehead atoms. The quantitative estimate of drug-likeness (QED) is 0.678. The number of amides is 2. The number of ether oxygens (including phenoxy) is 1. The molecule has 0 saturated carbocycles. The van der Waals surface area contributed by atoms with Crippen LogP contribution < -0.4 is 11.1 Å². The molecule has 0 spiro atoms. The molecule has 0 aliphatic heterocycles. The van der Waals surface area contributed by atoms with Crippen LogP contribution in [0.4, 0.5) is 4.79 Å². The van der Waals surface area contributed by atoms with Gasteiger partial charge in [-0.3, -0.25) is 10.1 Å². The number of nitrogens with two attached hydrogens (primary N) is 1. The molecule has 5 nitrogen and oxygen atoms in total. The van der Waals surface area contributed by atoms with Gasteiger partial charge in [-0.25, -0.2) is 4.79 Å². The molecule has 3 N–H and O–H groups in total. The first-order valence-electron chi connectivity index (χ1n) is 5.33. The van der Waals surface area contributed by atoms with Crippen molar-refractivity contribution in [1.82, 2.24) is 5.32 Å². The predicted molar refractivity (Wildman–Crippen MR) is 61.6 cm³/mol. The van der Waals surface area contributed by atoms with Gasteiger partial charge in [0.25, 0.3) is 0 Å². The number of carbonyl (C=O) groups excluding carboxylic acids is 2. The SMILES string of the molecule is CCCCC(C)(C)OC(=O)N/C=C\C(N)=O. The second-order valence-electron chi connectivity index (χ2n) is 4.13. The molecule has 0 aromatic rings. The normalized spacial score (nSPS) is 11.4. The zero-order valence-electron chi connectivity index (χ0n) is 10.1. The summed E-state index contributed by atoms with van der Waals surface area (Å²) in [6.45, 7) is 5.77. The molecule has 0 aromatic carbocycles. The zero-order valence-corrected chi connectivity index (χ0v) is 10.1. The monoisotopic (exact) mass is 228 g/mol. The number of unbranched alkanes of at least 4 members (excludes halogenated alkanes) is 1. The third-order valence-corrected chi connectivity index (χ3v) is 1.95. The van der Waals surface area contributed by atoms with Crippen LogP contribution in [-0.4, -0.2) is 17.6 Å². The summed E-state index contributed by atoms with van der Waals surface area (Å²) in [6, 6.07) is 0. The molecule has 16 heavy (non-hydrogen) atoms. The van der Waals surface area contributed by atoms with Gasteiger partial charge in [0.1, 0.15) is 5.60 Å². The van der Waals surface area contributed by atoms with Gasteiger partial charge in [-0.1, -0.05) is 13.3 Å². The summed E-state index contributed by atoms with van der Waals surface area (Å²) in [6.07, 6.45) is 4.49. The highest BCUT2D eigenvalue weighted by Gasteiger charge is 2.21. The third-order valence-electron chi connectivity index (χ3n) is 1.95. The van der Waals surface area contributed by atoms with Crippen molar-refractivity contribution < 1.29 is 14.3 Å². The number of hydrogen-bond acceptors (Lipinski definition) is 3. The zero-order chi connectivity index (χ0) is 12.6. The molecule has 0 aliphatic rings. The fourth-order valence-electron chi connectivity index (χ4n) is 1.13. The maximum atomic E-state index is 11.3. The summed E-state index contributed by atoms with van der Waals surface area (Å²) < 4.78 is 5.17. The number of alkyl carbamates (subject to hydrolysis) is 1. The topological polar surface area (TPSA) is 81.4 Å². The van der Waals surface area contributed by atoms with Crippen LogP contribution in [0.25, 0.3) is 0 Å². The average molecular weight is 228 g/mol. The molecular weight excluding hydrogens is 208 g/mol. The van der Waals surface area contributed by atoms with E-state index < -0.39 is 17.6 Å². The molecule has 0 heterocycles. The first-order valence-corrected chi connectivity index (χ1v) is 5.33. The molecule has 92 valence electrons. The van der Waals surface area contributed by atoms with E-state index in [4.69, 9.17) is 10.5 Å². The summed E-state index contributed by atoms with van der Waals surface area (Å²) >= 11 is 0. The minimum Gasteiger partial charge on any atom is -0.443 e. The van der Waals surface area contributed by atoms with E-state index in [2.05, 4.69) is 12.2 Å². The van der Waals surface area contributed by atoms with E-state index in [-0.39, 0.29) is 0 Å². The van der Waals surface area contributed by atoms with E-state index in [1.165, 1.54) is 6.20 Å². The highest BCUT2D eigenvalue weighted by atomic mass is 16.6. The summed E-state index contributed by atoms with van der Waals surface area (Å²) in [5.74, 6) is -0.620. The number of hydrogen-bond donors (Lipinski definition) is 2. The Hall–Kier alpha value is -1.52. The maximum absolute atomic E-state index is 11.3. The van der Waals surface area contributed by atoms with Gasteiger partial charge in [0.05, 0.1) is 0 Å². The van der Waals surface area contributed by atoms with Crippen molar-refractivity contribution in [3.63, 3.8) is 0 Å². The van der Waals surface area contributed by atoms with Crippen LogP contribution in [0.1, 0.15) is 40.0 Å². The maximum Gasteiger partial charge on any atom is 0.411 e. The van der Waals surface area contributed by atoms with Crippen LogP contribution in [0.5, 0.6) is 0 Å². The lowest BCUT2D eigenvalue weighted by Gasteiger charge is -2.24. The highest BCUT2D eigenvalue weighted by Crippen LogP contribution is 2.17. The van der Waals surface area contributed by atoms with E-state index in [1.54, 1.807) is 0 Å². The first-order chi connectivity index (χ1) is 7.37. The van der Waals surface area contributed by atoms with Crippen molar-refractivity contribution in [3.05, 3.63) is 12.3 Å². The van der Waals surface area contributed by atoms with E-state index in [0.29, 0.717) is 0 Å². The van der Waals surface area contributed by atoms with Gasteiger partial charge in [-0.2, -0.15) is 0 Å². The molecular formula is C11H20N2O3. The molecule has 0 saturated heterocycles. The Bertz CT molecular complexity index is 272. The lowest BCUT2D eigenvalue weighted by Crippen LogP contribution is -2.32. The van der Waals surface area contributed by atoms with Crippen LogP contribution in [0.2, 0.25) is 0 Å². The lowest BCUT2D eigenvalue weighted by molar-refractivity contribution is -0.113. The molecule has 0 aliphatic carbocycles. The Kier molecular flexibility index (Phi) is 6.22. The van der Waals surface area contributed by atoms with Gasteiger partial charge in [0, 0.05) is 12.3 Å². The van der Waals surface area contributed by atoms with Gasteiger partial charge in [0.15, 0.2) is 0 Å². The van der Waals surface area contributed by atoms with Gasteiger partial charge in [0.2, 0.25) is 5.91 Å². The number of rotatable bonds is 6. The summed E-state index contributed by atoms with van der Waals surface area (Å²) in [4.78, 5) is 21.6. The number of nitrogens with one attached hydrogen (secondary N) is 1. The van der Waals surface area contributed by atoms with Gasteiger partial charge >= 0.3 is 6.09 Å². The fourth-order valence-corrected chi connectivity index (χ4v) is 1.13. The Morgan fingerprint density at radius 2 is 2.06 bits per heavy atom. The Morgan fingerprint density at radius 1 is 1.44 bits per heavy atom. The Labute approximate surface area is 96.0 Å². The summed E-state index contributed by atoms with van der Waals surface area (Å²) in [5, 5.41) is 2.30. The minimum atomic E-state index is -0.620. The molecule has 2 amide bonds. The second kappa shape index (κ2) is 6.87. The van der Waals surface area contributed by atoms with E-state index in [0.717, 1.165) is 25.3 Å². The lowest BCUT2D eigenvalue weighted by atomic mass is 10.0. The van der Waals surface area contributed by atoms with Gasteiger partial charge in [-0.05, 0) is 26.7 Å². The second-order valence-corrected chi connectivity index (χ2v) is 4.13. The fraction of sp³-hybridized carbons (Fsp3) is 0.636. The van der Waals surface area contributed by atoms with Crippen molar-refractivity contribution in [3.8, 4) is 0 Å². The third kappa shape index (κ3) is 7.84. The number of carbonyl (C=O) groups is 2. The van der Waals surface area contributed by atoms with Crippen LogP contribution in [-0.2, 0) is 9.53 Å². The predicted octanol–water partition coefficient (Wildman–Crippen LogP) is 1.68. The smallest absolute Gasteiger partial charge is 0.411 e. The molecule has 0 unspecified atom stereocenters. The van der Waals surface area contributed by atoms with E-state index in [9.17, 15) is 9.59 Å². The standard InChI is InChI=1S/C11H20N2O3/c1-4-5-7-11(2,3)16-10(15)13-8-6-9(12)14/h6,8H,4-5,7H2,1-3H3,(H2,12,14)(H,13,15)/b8-6-. The summed E-state index contributed by atoms with van der Waals surface area (Å²) in [5.41, 5.74) is 4.35. The molecule has 0 rings (SSSR count). The molecule has 0 fully saturated rings. The van der Waals surface area contributed by atoms with Crippen LogP contribution in [0.3, 0.4) is 0 Å². The van der Waals surface area contributed by atoms with E-state index >= 15 is 0 Å². The van der Waals surface area contributed by atoms with Crippen molar-refractivity contribution in [2.24, 2.45) is 5.73 Å². The molecule has 0 atom stereocenters. The molecule has 0 radical (unpaired) electrons. The van der Waals surface area contributed by atoms with Crippen LogP contribution in [0, 0.1) is 0 Å². The van der Waals surface area contributed by atoms with Gasteiger partial charge < -0.3 is 10.5 Å². The van der Waals surface area contributed by atoms with Gasteiger partial charge in [-0.15, -0.1) is 0 Å². The highest BCUT2D eigenvalue weighted by molar-refractivity contribution is 5.86. The molecule has 0 aromatic heterocycles. The van der Waals surface area contributed by atoms with Crippen molar-refractivity contribution in [1.29, 1.82) is 0 Å². The molecule has 5 heteroatoms. The largest absolute Gasteiger partial charge is 0.443 e. The van der Waals surface area contributed by atoms with E-state index in [1.807, 2.05) is 13.8 Å². The average Bonchev–Trinajstić information content (AvgIpc) is 2.13. The van der Waals surface area contributed by atoms with Crippen molar-refractivity contribution >= 4 is 12.0 Å². The minimum absolute atomic E-state index is 0.499. The first kappa shape index (κ1) is 14.5. The Balaban J connectivity index is 3.98.